The third-order valence-corrected chi connectivity index (χ3v) is 5.46. The van der Waals surface area contributed by atoms with Crippen LogP contribution < -0.4 is 11.1 Å². The van der Waals surface area contributed by atoms with E-state index in [-0.39, 0.29) is 5.91 Å². The van der Waals surface area contributed by atoms with Gasteiger partial charge in [-0.1, -0.05) is 43.4 Å². The molecule has 1 aromatic heterocycles. The number of carbonyl (C=O) groups is 1. The number of fused-ring (bicyclic) bond motifs is 1. The van der Waals surface area contributed by atoms with E-state index in [1.54, 1.807) is 6.20 Å². The molecule has 1 aromatic rings. The molecule has 3 N–H and O–H groups in total. The van der Waals surface area contributed by atoms with Crippen molar-refractivity contribution in [3.05, 3.63) is 11.1 Å². The van der Waals surface area contributed by atoms with E-state index in [0.717, 1.165) is 12.3 Å². The number of nitrogens with one attached hydrogen (secondary N) is 1. The maximum atomic E-state index is 12.2. The van der Waals surface area contributed by atoms with Gasteiger partial charge in [0.25, 0.3) is 5.91 Å². The summed E-state index contributed by atoms with van der Waals surface area (Å²) < 4.78 is 0. The smallest absolute Gasteiger partial charge is 0.263 e. The van der Waals surface area contributed by atoms with Crippen LogP contribution in [0.2, 0.25) is 0 Å². The van der Waals surface area contributed by atoms with Gasteiger partial charge in [0.2, 0.25) is 0 Å². The molecule has 3 atom stereocenters. The van der Waals surface area contributed by atoms with Crippen LogP contribution >= 0.6 is 11.3 Å². The largest absolute Gasteiger partial charge is 0.375 e. The van der Waals surface area contributed by atoms with Crippen molar-refractivity contribution in [3.63, 3.8) is 0 Å². The van der Waals surface area contributed by atoms with Gasteiger partial charge < -0.3 is 11.1 Å². The Morgan fingerprint density at radius 2 is 2.05 bits per heavy atom. The van der Waals surface area contributed by atoms with Crippen LogP contribution in [-0.4, -0.2) is 16.9 Å². The molecule has 1 amide bonds. The van der Waals surface area contributed by atoms with Gasteiger partial charge in [0.05, 0.1) is 6.20 Å². The molecule has 104 valence electrons. The number of hydrogen-bond donors (Lipinski definition) is 2. The standard InChI is InChI=1S/C14H21N3OS/c15-14-16-8-12(19-14)13(18)17-11-7-3-5-9-4-1-2-6-10(9)11/h8-11H,1-7H2,(H2,15,16)(H,17,18). The lowest BCUT2D eigenvalue weighted by Gasteiger charge is -2.41. The summed E-state index contributed by atoms with van der Waals surface area (Å²) in [6.45, 7) is 0. The van der Waals surface area contributed by atoms with Crippen LogP contribution in [0.25, 0.3) is 0 Å². The van der Waals surface area contributed by atoms with Gasteiger partial charge in [0, 0.05) is 6.04 Å². The minimum absolute atomic E-state index is 0.00502. The molecule has 0 radical (unpaired) electrons. The minimum atomic E-state index is 0.00502. The summed E-state index contributed by atoms with van der Waals surface area (Å²) in [5.41, 5.74) is 5.58. The third-order valence-electron chi connectivity index (χ3n) is 4.64. The fraction of sp³-hybridized carbons (Fsp3) is 0.714. The zero-order valence-electron chi connectivity index (χ0n) is 11.1. The third kappa shape index (κ3) is 2.76. The minimum Gasteiger partial charge on any atom is -0.375 e. The molecule has 0 bridgehead atoms. The fourth-order valence-electron chi connectivity index (χ4n) is 3.75. The van der Waals surface area contributed by atoms with Gasteiger partial charge in [0.15, 0.2) is 5.13 Å². The molecule has 0 saturated heterocycles. The molecular weight excluding hydrogens is 258 g/mol. The Bertz CT molecular complexity index is 457. The molecule has 2 aliphatic rings. The van der Waals surface area contributed by atoms with Crippen molar-refractivity contribution in [2.45, 2.75) is 51.0 Å². The van der Waals surface area contributed by atoms with Gasteiger partial charge in [0.1, 0.15) is 4.88 Å². The van der Waals surface area contributed by atoms with E-state index in [4.69, 9.17) is 5.73 Å². The highest BCUT2D eigenvalue weighted by molar-refractivity contribution is 7.17. The van der Waals surface area contributed by atoms with E-state index in [1.165, 1.54) is 49.9 Å². The van der Waals surface area contributed by atoms with Gasteiger partial charge in [-0.05, 0) is 24.7 Å². The Hall–Kier alpha value is -1.10. The number of anilines is 1. The molecule has 2 aliphatic carbocycles. The monoisotopic (exact) mass is 279 g/mol. The highest BCUT2D eigenvalue weighted by Crippen LogP contribution is 2.40. The van der Waals surface area contributed by atoms with Gasteiger partial charge in [-0.25, -0.2) is 4.98 Å². The molecule has 19 heavy (non-hydrogen) atoms. The van der Waals surface area contributed by atoms with Crippen molar-refractivity contribution in [1.29, 1.82) is 0 Å². The maximum absolute atomic E-state index is 12.2. The first-order valence-electron chi connectivity index (χ1n) is 7.26. The van der Waals surface area contributed by atoms with E-state index in [1.807, 2.05) is 0 Å². The number of aromatic nitrogens is 1. The Morgan fingerprint density at radius 3 is 2.84 bits per heavy atom. The lowest BCUT2D eigenvalue weighted by atomic mass is 9.68. The van der Waals surface area contributed by atoms with Crippen molar-refractivity contribution in [2.75, 3.05) is 5.73 Å². The first-order valence-corrected chi connectivity index (χ1v) is 8.08. The number of nitrogen functional groups attached to an aromatic ring is 1. The van der Waals surface area contributed by atoms with Crippen molar-refractivity contribution < 1.29 is 4.79 Å². The van der Waals surface area contributed by atoms with E-state index < -0.39 is 0 Å². The number of nitrogens with two attached hydrogens (primary N) is 1. The van der Waals surface area contributed by atoms with Gasteiger partial charge in [-0.2, -0.15) is 0 Å². The Labute approximate surface area is 117 Å². The molecule has 5 heteroatoms. The average Bonchev–Trinajstić information content (AvgIpc) is 2.86. The summed E-state index contributed by atoms with van der Waals surface area (Å²) in [7, 11) is 0. The molecule has 4 nitrogen and oxygen atoms in total. The number of carbonyl (C=O) groups excluding carboxylic acids is 1. The first kappa shape index (κ1) is 12.9. The fourth-order valence-corrected chi connectivity index (χ4v) is 4.34. The molecule has 0 spiro atoms. The second-order valence-corrected chi connectivity index (χ2v) is 6.84. The molecule has 2 fully saturated rings. The summed E-state index contributed by atoms with van der Waals surface area (Å²) in [4.78, 5) is 16.8. The first-order chi connectivity index (χ1) is 9.24. The number of rotatable bonds is 2. The van der Waals surface area contributed by atoms with E-state index in [2.05, 4.69) is 10.3 Å². The van der Waals surface area contributed by atoms with Crippen LogP contribution in [-0.2, 0) is 0 Å². The molecule has 0 aromatic carbocycles. The van der Waals surface area contributed by atoms with Crippen molar-refractivity contribution in [3.8, 4) is 0 Å². The number of nitrogens with zero attached hydrogens (tertiary/aromatic N) is 1. The highest BCUT2D eigenvalue weighted by Gasteiger charge is 2.35. The Balaban J connectivity index is 1.66. The Kier molecular flexibility index (Phi) is 3.73. The van der Waals surface area contributed by atoms with Gasteiger partial charge in [-0.15, -0.1) is 0 Å². The summed E-state index contributed by atoms with van der Waals surface area (Å²) in [5, 5.41) is 3.69. The number of thiazole rings is 1. The van der Waals surface area contributed by atoms with Crippen LogP contribution in [0.5, 0.6) is 0 Å². The van der Waals surface area contributed by atoms with Gasteiger partial charge >= 0.3 is 0 Å². The van der Waals surface area contributed by atoms with Crippen LogP contribution in [0.15, 0.2) is 6.20 Å². The molecule has 3 unspecified atom stereocenters. The molecule has 2 saturated carbocycles. The second-order valence-electron chi connectivity index (χ2n) is 5.78. The summed E-state index contributed by atoms with van der Waals surface area (Å²) in [5.74, 6) is 1.53. The van der Waals surface area contributed by atoms with Crippen molar-refractivity contribution in [2.24, 2.45) is 11.8 Å². The molecular formula is C14H21N3OS. The zero-order valence-corrected chi connectivity index (χ0v) is 11.9. The van der Waals surface area contributed by atoms with Crippen LogP contribution in [0, 0.1) is 11.8 Å². The number of amides is 1. The number of hydrogen-bond acceptors (Lipinski definition) is 4. The summed E-state index contributed by atoms with van der Waals surface area (Å²) >= 11 is 1.27. The van der Waals surface area contributed by atoms with E-state index in [9.17, 15) is 4.79 Å². The molecule has 1 heterocycles. The highest BCUT2D eigenvalue weighted by atomic mass is 32.1. The Morgan fingerprint density at radius 1 is 1.26 bits per heavy atom. The van der Waals surface area contributed by atoms with Crippen molar-refractivity contribution in [1.82, 2.24) is 10.3 Å². The maximum Gasteiger partial charge on any atom is 0.263 e. The van der Waals surface area contributed by atoms with Crippen LogP contribution in [0.3, 0.4) is 0 Å². The lowest BCUT2D eigenvalue weighted by Crippen LogP contribution is -2.46. The summed E-state index contributed by atoms with van der Waals surface area (Å²) in [6, 6.07) is 0.356. The second kappa shape index (κ2) is 5.49. The zero-order chi connectivity index (χ0) is 13.2. The topological polar surface area (TPSA) is 68.0 Å². The summed E-state index contributed by atoms with van der Waals surface area (Å²) in [6.07, 6.45) is 10.6. The van der Waals surface area contributed by atoms with Crippen molar-refractivity contribution >= 4 is 22.4 Å². The average molecular weight is 279 g/mol. The van der Waals surface area contributed by atoms with Gasteiger partial charge in [-0.3, -0.25) is 4.79 Å². The molecule has 0 aliphatic heterocycles. The lowest BCUT2D eigenvalue weighted by molar-refractivity contribution is 0.0827. The SMILES string of the molecule is Nc1ncc(C(=O)NC2CCCC3CCCCC32)s1. The van der Waals surface area contributed by atoms with E-state index >= 15 is 0 Å². The normalized spacial score (nSPS) is 30.6. The van der Waals surface area contributed by atoms with Crippen LogP contribution in [0.1, 0.15) is 54.6 Å². The van der Waals surface area contributed by atoms with Crippen LogP contribution in [0.4, 0.5) is 5.13 Å². The predicted molar refractivity (Wildman–Crippen MR) is 77.1 cm³/mol. The quantitative estimate of drug-likeness (QED) is 0.874. The molecule has 3 rings (SSSR count). The predicted octanol–water partition coefficient (Wildman–Crippen LogP) is 2.81. The van der Waals surface area contributed by atoms with E-state index in [0.29, 0.717) is 22.0 Å².